The maximum absolute atomic E-state index is 9.72. The highest BCUT2D eigenvalue weighted by molar-refractivity contribution is 5.75. The van der Waals surface area contributed by atoms with E-state index in [1.54, 1.807) is 0 Å². The molecule has 6 nitrogen and oxygen atoms in total. The Bertz CT molecular complexity index is 477. The number of hydrogen-bond acceptors (Lipinski definition) is 4. The Morgan fingerprint density at radius 3 is 2.13 bits per heavy atom. The summed E-state index contributed by atoms with van der Waals surface area (Å²) in [5.41, 5.74) is 1.29. The van der Waals surface area contributed by atoms with Crippen LogP contribution < -0.4 is 5.32 Å². The van der Waals surface area contributed by atoms with Gasteiger partial charge in [0.25, 0.3) is 0 Å². The van der Waals surface area contributed by atoms with E-state index in [1.807, 2.05) is 6.07 Å². The minimum absolute atomic E-state index is 0.156. The van der Waals surface area contributed by atoms with Crippen molar-refractivity contribution in [1.82, 2.24) is 5.32 Å². The normalized spacial score (nSPS) is 21.1. The van der Waals surface area contributed by atoms with Crippen LogP contribution in [0.25, 0.3) is 0 Å². The second kappa shape index (κ2) is 9.97. The summed E-state index contributed by atoms with van der Waals surface area (Å²) in [6.07, 6.45) is 2.43. The fraction of sp³-hybridized carbons (Fsp3) is 0.529. The molecule has 3 atom stereocenters. The maximum atomic E-state index is 9.72. The molecule has 23 heavy (non-hydrogen) atoms. The van der Waals surface area contributed by atoms with Crippen molar-refractivity contribution in [1.29, 1.82) is 0 Å². The van der Waals surface area contributed by atoms with E-state index in [1.165, 1.54) is 5.56 Å². The Hall–Kier alpha value is -1.92. The number of carboxylic acid groups (broad SMARTS) is 2. The zero-order valence-electron chi connectivity index (χ0n) is 13.3. The van der Waals surface area contributed by atoms with E-state index in [9.17, 15) is 14.7 Å². The van der Waals surface area contributed by atoms with Crippen molar-refractivity contribution in [2.75, 3.05) is 0 Å². The number of nitrogens with one attached hydrogen (secondary N) is 1. The van der Waals surface area contributed by atoms with E-state index < -0.39 is 11.9 Å². The Morgan fingerprint density at radius 2 is 1.70 bits per heavy atom. The predicted octanol–water partition coefficient (Wildman–Crippen LogP) is 2.19. The van der Waals surface area contributed by atoms with Gasteiger partial charge in [-0.15, -0.1) is 0 Å². The van der Waals surface area contributed by atoms with Crippen LogP contribution in [0.2, 0.25) is 0 Å². The average molecular weight is 323 g/mol. The topological polar surface area (TPSA) is 107 Å². The highest BCUT2D eigenvalue weighted by atomic mass is 16.4. The molecule has 0 spiro atoms. The fourth-order valence-electron chi connectivity index (χ4n) is 2.51. The van der Waals surface area contributed by atoms with Gasteiger partial charge in [-0.1, -0.05) is 30.3 Å². The van der Waals surface area contributed by atoms with Crippen molar-refractivity contribution in [3.63, 3.8) is 0 Å². The molecule has 1 aliphatic carbocycles. The van der Waals surface area contributed by atoms with Crippen LogP contribution >= 0.6 is 0 Å². The number of carbonyl (C=O) groups is 2. The molecular weight excluding hydrogens is 298 g/mol. The molecule has 0 unspecified atom stereocenters. The number of hydrogen-bond donors (Lipinski definition) is 4. The number of aliphatic carboxylic acids is 2. The smallest absolute Gasteiger partial charge is 0.303 e. The SMILES string of the molecule is C[C@H](N[C@H]1CCC[C@@H]1O)c1ccccc1.O=C(O)CCC(=O)O. The van der Waals surface area contributed by atoms with Crippen LogP contribution in [0.1, 0.15) is 50.6 Å². The van der Waals surface area contributed by atoms with Gasteiger partial charge in [0.2, 0.25) is 0 Å². The third kappa shape index (κ3) is 7.76. The molecule has 0 heterocycles. The second-order valence-electron chi connectivity index (χ2n) is 5.69. The highest BCUT2D eigenvalue weighted by Crippen LogP contribution is 2.22. The molecule has 1 fully saturated rings. The van der Waals surface area contributed by atoms with Crippen molar-refractivity contribution >= 4 is 11.9 Å². The molecule has 1 aromatic rings. The Morgan fingerprint density at radius 1 is 1.13 bits per heavy atom. The monoisotopic (exact) mass is 323 g/mol. The van der Waals surface area contributed by atoms with Crippen molar-refractivity contribution in [3.8, 4) is 0 Å². The summed E-state index contributed by atoms with van der Waals surface area (Å²) < 4.78 is 0. The molecule has 0 amide bonds. The standard InChI is InChI=1S/C13H19NO.C4H6O4/c1-10(11-6-3-2-4-7-11)14-12-8-5-9-13(12)15;5-3(6)1-2-4(7)8/h2-4,6-7,10,12-15H,5,8-9H2,1H3;1-2H2,(H,5,6)(H,7,8)/t10-,12-,13-;/m0./s1. The fourth-order valence-corrected chi connectivity index (χ4v) is 2.51. The first-order valence-electron chi connectivity index (χ1n) is 7.82. The number of rotatable bonds is 6. The first kappa shape index (κ1) is 19.1. The maximum Gasteiger partial charge on any atom is 0.303 e. The zero-order valence-corrected chi connectivity index (χ0v) is 13.3. The van der Waals surface area contributed by atoms with Gasteiger partial charge in [-0.3, -0.25) is 9.59 Å². The Kier molecular flexibility index (Phi) is 8.29. The summed E-state index contributed by atoms with van der Waals surface area (Å²) >= 11 is 0. The molecule has 4 N–H and O–H groups in total. The average Bonchev–Trinajstić information content (AvgIpc) is 2.92. The quantitative estimate of drug-likeness (QED) is 0.639. The lowest BCUT2D eigenvalue weighted by Crippen LogP contribution is -2.37. The molecule has 6 heteroatoms. The van der Waals surface area contributed by atoms with Gasteiger partial charge in [0.1, 0.15) is 0 Å². The lowest BCUT2D eigenvalue weighted by Gasteiger charge is -2.22. The summed E-state index contributed by atoms with van der Waals surface area (Å²) in [4.78, 5) is 19.3. The molecule has 0 bridgehead atoms. The summed E-state index contributed by atoms with van der Waals surface area (Å²) in [5, 5.41) is 29.0. The summed E-state index contributed by atoms with van der Waals surface area (Å²) in [6, 6.07) is 11.0. The molecule has 1 saturated carbocycles. The molecule has 1 aliphatic rings. The van der Waals surface area contributed by atoms with Crippen molar-refractivity contribution in [2.45, 2.75) is 57.2 Å². The largest absolute Gasteiger partial charge is 0.481 e. The minimum Gasteiger partial charge on any atom is -0.481 e. The third-order valence-electron chi connectivity index (χ3n) is 3.80. The van der Waals surface area contributed by atoms with Gasteiger partial charge in [-0.2, -0.15) is 0 Å². The van der Waals surface area contributed by atoms with E-state index in [2.05, 4.69) is 36.5 Å². The van der Waals surface area contributed by atoms with E-state index in [0.29, 0.717) is 6.04 Å². The van der Waals surface area contributed by atoms with Crippen LogP contribution in [0.5, 0.6) is 0 Å². The summed E-state index contributed by atoms with van der Waals surface area (Å²) in [7, 11) is 0. The lowest BCUT2D eigenvalue weighted by molar-refractivity contribution is -0.143. The third-order valence-corrected chi connectivity index (χ3v) is 3.80. The molecule has 128 valence electrons. The molecular formula is C17H25NO5. The minimum atomic E-state index is -1.08. The number of aliphatic hydroxyl groups is 1. The van der Waals surface area contributed by atoms with Crippen LogP contribution in [0.15, 0.2) is 30.3 Å². The first-order chi connectivity index (χ1) is 10.9. The summed E-state index contributed by atoms with van der Waals surface area (Å²) in [5.74, 6) is -2.15. The zero-order chi connectivity index (χ0) is 17.2. The van der Waals surface area contributed by atoms with Crippen LogP contribution in [0.3, 0.4) is 0 Å². The Balaban J connectivity index is 0.000000284. The predicted molar refractivity (Wildman–Crippen MR) is 86.1 cm³/mol. The molecule has 0 aliphatic heterocycles. The van der Waals surface area contributed by atoms with E-state index in [-0.39, 0.29) is 25.0 Å². The van der Waals surface area contributed by atoms with Gasteiger partial charge in [0, 0.05) is 12.1 Å². The number of carboxylic acids is 2. The number of benzene rings is 1. The van der Waals surface area contributed by atoms with E-state index >= 15 is 0 Å². The molecule has 0 radical (unpaired) electrons. The molecule has 0 saturated heterocycles. The lowest BCUT2D eigenvalue weighted by atomic mass is 10.1. The molecule has 2 rings (SSSR count). The van der Waals surface area contributed by atoms with Gasteiger partial charge in [-0.05, 0) is 31.7 Å². The van der Waals surface area contributed by atoms with E-state index in [0.717, 1.165) is 19.3 Å². The van der Waals surface area contributed by atoms with Gasteiger partial charge in [-0.25, -0.2) is 0 Å². The van der Waals surface area contributed by atoms with Crippen molar-refractivity contribution < 1.29 is 24.9 Å². The Labute approximate surface area is 136 Å². The number of aliphatic hydroxyl groups excluding tert-OH is 1. The van der Waals surface area contributed by atoms with Gasteiger partial charge in [0.15, 0.2) is 0 Å². The van der Waals surface area contributed by atoms with Crippen LogP contribution in [-0.4, -0.2) is 39.4 Å². The van der Waals surface area contributed by atoms with Crippen molar-refractivity contribution in [2.24, 2.45) is 0 Å². The summed E-state index contributed by atoms with van der Waals surface area (Å²) in [6.45, 7) is 2.15. The molecule has 1 aromatic carbocycles. The van der Waals surface area contributed by atoms with Crippen LogP contribution in [-0.2, 0) is 9.59 Å². The second-order valence-corrected chi connectivity index (χ2v) is 5.69. The highest BCUT2D eigenvalue weighted by Gasteiger charge is 2.26. The van der Waals surface area contributed by atoms with Crippen LogP contribution in [0, 0.1) is 0 Å². The van der Waals surface area contributed by atoms with E-state index in [4.69, 9.17) is 10.2 Å². The van der Waals surface area contributed by atoms with Gasteiger partial charge >= 0.3 is 11.9 Å². The van der Waals surface area contributed by atoms with Gasteiger partial charge in [0.05, 0.1) is 18.9 Å². The van der Waals surface area contributed by atoms with Crippen LogP contribution in [0.4, 0.5) is 0 Å². The van der Waals surface area contributed by atoms with Crippen molar-refractivity contribution in [3.05, 3.63) is 35.9 Å². The molecule has 0 aromatic heterocycles. The first-order valence-corrected chi connectivity index (χ1v) is 7.82. The van der Waals surface area contributed by atoms with Gasteiger partial charge < -0.3 is 20.6 Å².